The van der Waals surface area contributed by atoms with E-state index in [9.17, 15) is 0 Å². The van der Waals surface area contributed by atoms with Crippen molar-refractivity contribution in [3.63, 3.8) is 0 Å². The van der Waals surface area contributed by atoms with Crippen molar-refractivity contribution in [2.75, 3.05) is 0 Å². The molecule has 3 unspecified atom stereocenters. The van der Waals surface area contributed by atoms with E-state index in [1.165, 1.54) is 81.2 Å². The first-order valence-corrected chi connectivity index (χ1v) is 21.9. The molecule has 296 valence electrons. The molecule has 0 aliphatic heterocycles. The number of rotatable bonds is 17. The molecule has 4 nitrogen and oxygen atoms in total. The number of imidazole rings is 1. The van der Waals surface area contributed by atoms with Gasteiger partial charge in [0.2, 0.25) is 5.69 Å². The summed E-state index contributed by atoms with van der Waals surface area (Å²) in [6, 6.07) is 35.7. The summed E-state index contributed by atoms with van der Waals surface area (Å²) < 4.78 is 11.5. The van der Waals surface area contributed by atoms with Crippen LogP contribution in [0, 0.1) is 12.8 Å². The van der Waals surface area contributed by atoms with E-state index in [4.69, 9.17) is 9.40 Å². The van der Waals surface area contributed by atoms with Crippen LogP contribution in [-0.4, -0.2) is 9.55 Å². The number of pyridine rings is 1. The van der Waals surface area contributed by atoms with Crippen molar-refractivity contribution < 1.29 is 8.98 Å². The van der Waals surface area contributed by atoms with E-state index in [0.717, 1.165) is 49.2 Å². The Hall–Kier alpha value is -4.96. The topological polar surface area (TPSA) is 34.8 Å². The van der Waals surface area contributed by atoms with Gasteiger partial charge in [0.1, 0.15) is 23.5 Å². The molecular formula is C53H64N3O+. The van der Waals surface area contributed by atoms with Gasteiger partial charge in [-0.3, -0.25) is 4.57 Å². The first kappa shape index (κ1) is 40.2. The molecule has 0 spiro atoms. The molecule has 4 aromatic carbocycles. The maximum Gasteiger partial charge on any atom is 0.216 e. The van der Waals surface area contributed by atoms with Gasteiger partial charge in [0.05, 0.1) is 11.3 Å². The van der Waals surface area contributed by atoms with Crippen LogP contribution in [0.1, 0.15) is 134 Å². The van der Waals surface area contributed by atoms with E-state index < -0.39 is 0 Å². The summed E-state index contributed by atoms with van der Waals surface area (Å²) >= 11 is 0. The summed E-state index contributed by atoms with van der Waals surface area (Å²) in [7, 11) is 0. The predicted molar refractivity (Wildman–Crippen MR) is 240 cm³/mol. The number of aromatic nitrogens is 3. The Morgan fingerprint density at radius 1 is 0.772 bits per heavy atom. The lowest BCUT2D eigenvalue weighted by atomic mass is 9.64. The third-order valence-corrected chi connectivity index (χ3v) is 13.2. The number of benzene rings is 4. The molecule has 7 aromatic rings. The van der Waals surface area contributed by atoms with Crippen molar-refractivity contribution in [3.8, 4) is 28.3 Å². The van der Waals surface area contributed by atoms with E-state index in [1.807, 2.05) is 6.20 Å². The van der Waals surface area contributed by atoms with Crippen LogP contribution in [0.2, 0.25) is 0 Å². The van der Waals surface area contributed by atoms with E-state index in [2.05, 4.69) is 174 Å². The van der Waals surface area contributed by atoms with Crippen molar-refractivity contribution in [2.45, 2.75) is 131 Å². The molecule has 3 heterocycles. The Bertz CT molecular complexity index is 2430. The number of aryl methyl sites for hydroxylation is 2. The smallest absolute Gasteiger partial charge is 0.216 e. The van der Waals surface area contributed by atoms with Gasteiger partial charge in [-0.2, -0.15) is 4.57 Å². The Labute approximate surface area is 342 Å². The largest absolute Gasteiger partial charge is 0.455 e. The van der Waals surface area contributed by atoms with Crippen LogP contribution in [0.5, 0.6) is 0 Å². The second kappa shape index (κ2) is 17.7. The van der Waals surface area contributed by atoms with Crippen LogP contribution in [0.3, 0.4) is 0 Å². The van der Waals surface area contributed by atoms with E-state index in [1.54, 1.807) is 0 Å². The fourth-order valence-electron chi connectivity index (χ4n) is 9.79. The highest BCUT2D eigenvalue weighted by atomic mass is 16.3. The highest BCUT2D eigenvalue weighted by molar-refractivity contribution is 6.09. The molecule has 7 rings (SSSR count). The average molecular weight is 759 g/mol. The summed E-state index contributed by atoms with van der Waals surface area (Å²) in [5.41, 5.74) is 12.3. The zero-order valence-corrected chi connectivity index (χ0v) is 35.8. The van der Waals surface area contributed by atoms with Gasteiger partial charge in [-0.15, -0.1) is 0 Å². The van der Waals surface area contributed by atoms with Crippen molar-refractivity contribution in [2.24, 2.45) is 5.92 Å². The Morgan fingerprint density at radius 3 is 2.33 bits per heavy atom. The van der Waals surface area contributed by atoms with Crippen molar-refractivity contribution in [1.29, 1.82) is 0 Å². The van der Waals surface area contributed by atoms with Gasteiger partial charge in [-0.1, -0.05) is 147 Å². The predicted octanol–water partition coefficient (Wildman–Crippen LogP) is 14.7. The lowest BCUT2D eigenvalue weighted by Gasteiger charge is -2.40. The molecule has 3 aromatic heterocycles. The van der Waals surface area contributed by atoms with Gasteiger partial charge < -0.3 is 4.42 Å². The number of hydrogen-bond donors (Lipinski definition) is 0. The van der Waals surface area contributed by atoms with E-state index in [0.29, 0.717) is 17.8 Å². The van der Waals surface area contributed by atoms with Gasteiger partial charge in [0, 0.05) is 47.3 Å². The van der Waals surface area contributed by atoms with Gasteiger partial charge in [-0.05, 0) is 83.7 Å². The monoisotopic (exact) mass is 759 g/mol. The second-order valence-corrected chi connectivity index (χ2v) is 16.9. The van der Waals surface area contributed by atoms with Crippen LogP contribution in [0.25, 0.3) is 50.3 Å². The van der Waals surface area contributed by atoms with Crippen LogP contribution in [0.15, 0.2) is 120 Å². The number of unbranched alkanes of at least 4 members (excludes halogenated alkanes) is 2. The van der Waals surface area contributed by atoms with Gasteiger partial charge in [0.15, 0.2) is 6.20 Å². The third-order valence-electron chi connectivity index (χ3n) is 13.2. The standard InChI is InChI=1S/C53H64N3O/c1-9-12-13-22-38(6)42-26-20-25-41(37(4)5)50(42)56-36-33-54-52(56)45-24-14-16-27-46(45)53(11-3,40(8)10-2)32-21-35-55-34-19-18-28-47(55)49-39(7)30-31-44-43-23-15-17-29-48(43)57-51(44)49/h14-20,23-31,33-34,36-38,40H,9-13,21-22,32,35H2,1-8H3/q+1. The van der Waals surface area contributed by atoms with Gasteiger partial charge in [-0.25, -0.2) is 4.98 Å². The molecule has 57 heavy (non-hydrogen) atoms. The lowest BCUT2D eigenvalue weighted by molar-refractivity contribution is -0.686. The molecule has 0 aliphatic carbocycles. The number of para-hydroxylation sites is 2. The van der Waals surface area contributed by atoms with Crippen molar-refractivity contribution >= 4 is 21.9 Å². The molecule has 4 heteroatoms. The number of nitrogens with zero attached hydrogens (tertiary/aromatic N) is 3. The molecule has 0 amide bonds. The summed E-state index contributed by atoms with van der Waals surface area (Å²) in [4.78, 5) is 5.20. The van der Waals surface area contributed by atoms with Gasteiger partial charge in [0.25, 0.3) is 0 Å². The highest BCUT2D eigenvalue weighted by Crippen LogP contribution is 2.46. The molecule has 0 saturated heterocycles. The SMILES string of the molecule is CCCCCC(C)c1cccc(C(C)C)c1-n1ccnc1-c1ccccc1C(CC)(CCC[n+]1ccccc1-c1c(C)ccc2c1oc1ccccc12)C(C)CC. The molecule has 0 N–H and O–H groups in total. The van der Waals surface area contributed by atoms with Crippen LogP contribution < -0.4 is 4.57 Å². The number of fused-ring (bicyclic) bond motifs is 3. The molecule has 0 radical (unpaired) electrons. The summed E-state index contributed by atoms with van der Waals surface area (Å²) in [5.74, 6) is 2.40. The van der Waals surface area contributed by atoms with Crippen molar-refractivity contribution in [3.05, 3.63) is 138 Å². The fraction of sp³-hybridized carbons (Fsp3) is 0.396. The maximum absolute atomic E-state index is 6.59. The Kier molecular flexibility index (Phi) is 12.5. The summed E-state index contributed by atoms with van der Waals surface area (Å²) in [5, 5.41) is 2.34. The van der Waals surface area contributed by atoms with Gasteiger partial charge >= 0.3 is 0 Å². The summed E-state index contributed by atoms with van der Waals surface area (Å²) in [6.45, 7) is 19.7. The van der Waals surface area contributed by atoms with Crippen LogP contribution in [-0.2, 0) is 12.0 Å². The first-order chi connectivity index (χ1) is 27.7. The lowest BCUT2D eigenvalue weighted by Crippen LogP contribution is -2.39. The second-order valence-electron chi connectivity index (χ2n) is 16.9. The van der Waals surface area contributed by atoms with Crippen LogP contribution >= 0.6 is 0 Å². The molecule has 3 atom stereocenters. The zero-order valence-electron chi connectivity index (χ0n) is 35.8. The number of furan rings is 1. The fourth-order valence-corrected chi connectivity index (χ4v) is 9.79. The molecule has 0 saturated carbocycles. The summed E-state index contributed by atoms with van der Waals surface area (Å²) in [6.07, 6.45) is 15.8. The molecule has 0 aliphatic rings. The molecular weight excluding hydrogens is 695 g/mol. The Morgan fingerprint density at radius 2 is 1.54 bits per heavy atom. The van der Waals surface area contributed by atoms with Crippen LogP contribution in [0.4, 0.5) is 0 Å². The van der Waals surface area contributed by atoms with E-state index >= 15 is 0 Å². The minimum absolute atomic E-state index is 0.0276. The molecule has 0 fully saturated rings. The highest BCUT2D eigenvalue weighted by Gasteiger charge is 2.38. The Balaban J connectivity index is 1.27. The minimum Gasteiger partial charge on any atom is -0.455 e. The third kappa shape index (κ3) is 7.73. The number of hydrogen-bond acceptors (Lipinski definition) is 2. The average Bonchev–Trinajstić information content (AvgIpc) is 3.87. The normalized spacial score (nSPS) is 14.1. The zero-order chi connectivity index (χ0) is 40.1. The van der Waals surface area contributed by atoms with Crippen molar-refractivity contribution in [1.82, 2.24) is 9.55 Å². The first-order valence-electron chi connectivity index (χ1n) is 21.9. The maximum atomic E-state index is 6.59. The molecule has 0 bridgehead atoms. The quantitative estimate of drug-likeness (QED) is 0.0685. The van der Waals surface area contributed by atoms with E-state index in [-0.39, 0.29) is 5.41 Å². The minimum atomic E-state index is -0.0276.